The highest BCUT2D eigenvalue weighted by Gasteiger charge is 2.31. The maximum atomic E-state index is 13.5. The first-order valence-electron chi connectivity index (χ1n) is 11.5. The molecule has 0 unspecified atom stereocenters. The summed E-state index contributed by atoms with van der Waals surface area (Å²) in [5.74, 6) is -2.29. The van der Waals surface area contributed by atoms with Crippen molar-refractivity contribution in [2.45, 2.75) is 51.0 Å². The zero-order chi connectivity index (χ0) is 27.1. The van der Waals surface area contributed by atoms with E-state index in [0.717, 1.165) is 17.5 Å². The SMILES string of the molecule is Cc1c(C(=O)O)nn(-c2ccc(F)cc2)c1Oc1ccc(NC(=O)C2CC2)cc1S(=O)(=O)NC(C)(C)C. The molecule has 196 valence electrons. The Morgan fingerprint density at radius 1 is 1.14 bits per heavy atom. The van der Waals surface area contributed by atoms with Crippen molar-refractivity contribution < 1.29 is 32.2 Å². The quantitative estimate of drug-likeness (QED) is 0.396. The molecule has 2 aromatic carbocycles. The lowest BCUT2D eigenvalue weighted by Crippen LogP contribution is -2.40. The number of ether oxygens (including phenoxy) is 1. The van der Waals surface area contributed by atoms with Crippen LogP contribution >= 0.6 is 0 Å². The van der Waals surface area contributed by atoms with Gasteiger partial charge in [0.05, 0.1) is 5.69 Å². The third kappa shape index (κ3) is 5.97. The fourth-order valence-electron chi connectivity index (χ4n) is 3.59. The van der Waals surface area contributed by atoms with Gasteiger partial charge in [-0.15, -0.1) is 0 Å². The van der Waals surface area contributed by atoms with Crippen LogP contribution in [0.2, 0.25) is 0 Å². The monoisotopic (exact) mass is 530 g/mol. The summed E-state index contributed by atoms with van der Waals surface area (Å²) in [6.45, 7) is 6.50. The van der Waals surface area contributed by atoms with Gasteiger partial charge in [-0.3, -0.25) is 4.79 Å². The Labute approximate surface area is 213 Å². The van der Waals surface area contributed by atoms with Crippen molar-refractivity contribution in [1.82, 2.24) is 14.5 Å². The summed E-state index contributed by atoms with van der Waals surface area (Å²) >= 11 is 0. The van der Waals surface area contributed by atoms with Crippen molar-refractivity contribution >= 4 is 27.6 Å². The first-order chi connectivity index (χ1) is 17.2. The highest BCUT2D eigenvalue weighted by Crippen LogP contribution is 2.36. The van der Waals surface area contributed by atoms with Crippen LogP contribution in [-0.2, 0) is 14.8 Å². The second-order valence-electron chi connectivity index (χ2n) is 9.85. The second kappa shape index (κ2) is 9.60. The van der Waals surface area contributed by atoms with Crippen LogP contribution in [0.5, 0.6) is 11.6 Å². The number of rotatable bonds is 8. The number of nitrogens with one attached hydrogen (secondary N) is 2. The van der Waals surface area contributed by atoms with Gasteiger partial charge in [-0.2, -0.15) is 9.78 Å². The van der Waals surface area contributed by atoms with Crippen LogP contribution in [0.1, 0.15) is 49.7 Å². The van der Waals surface area contributed by atoms with Gasteiger partial charge in [0, 0.05) is 22.7 Å². The number of carbonyl (C=O) groups excluding carboxylic acids is 1. The zero-order valence-corrected chi connectivity index (χ0v) is 21.5. The third-order valence-corrected chi connectivity index (χ3v) is 7.22. The van der Waals surface area contributed by atoms with E-state index >= 15 is 0 Å². The van der Waals surface area contributed by atoms with Gasteiger partial charge in [0.1, 0.15) is 16.5 Å². The number of carboxylic acids is 1. The number of carbonyl (C=O) groups is 2. The molecule has 0 atom stereocenters. The maximum absolute atomic E-state index is 13.5. The molecule has 10 nitrogen and oxygen atoms in total. The van der Waals surface area contributed by atoms with E-state index in [1.165, 1.54) is 49.4 Å². The molecule has 1 aliphatic carbocycles. The molecule has 0 saturated heterocycles. The molecule has 1 aliphatic rings. The summed E-state index contributed by atoms with van der Waals surface area (Å²) in [4.78, 5) is 23.8. The Hall–Kier alpha value is -3.77. The molecule has 1 heterocycles. The molecule has 0 spiro atoms. The van der Waals surface area contributed by atoms with E-state index < -0.39 is 27.3 Å². The molecule has 3 aromatic rings. The highest BCUT2D eigenvalue weighted by atomic mass is 32.2. The largest absolute Gasteiger partial charge is 0.476 e. The van der Waals surface area contributed by atoms with Crippen molar-refractivity contribution in [3.63, 3.8) is 0 Å². The summed E-state index contributed by atoms with van der Waals surface area (Å²) in [6, 6.07) is 9.29. The van der Waals surface area contributed by atoms with Crippen molar-refractivity contribution in [2.24, 2.45) is 5.92 Å². The Balaban J connectivity index is 1.83. The second-order valence-corrected chi connectivity index (χ2v) is 11.5. The van der Waals surface area contributed by atoms with E-state index in [2.05, 4.69) is 15.1 Å². The van der Waals surface area contributed by atoms with E-state index in [0.29, 0.717) is 5.69 Å². The van der Waals surface area contributed by atoms with Crippen molar-refractivity contribution in [1.29, 1.82) is 0 Å². The number of sulfonamides is 1. The summed E-state index contributed by atoms with van der Waals surface area (Å²) in [7, 11) is -4.16. The number of hydrogen-bond donors (Lipinski definition) is 3. The van der Waals surface area contributed by atoms with Gasteiger partial charge in [-0.05, 0) is 83.0 Å². The number of nitrogens with zero attached hydrogens (tertiary/aromatic N) is 2. The van der Waals surface area contributed by atoms with Gasteiger partial charge in [-0.1, -0.05) is 0 Å². The topological polar surface area (TPSA) is 140 Å². The molecule has 4 rings (SSSR count). The minimum absolute atomic E-state index is 0.0639. The van der Waals surface area contributed by atoms with Crippen LogP contribution in [0, 0.1) is 18.7 Å². The van der Waals surface area contributed by atoms with E-state index in [1.807, 2.05) is 0 Å². The van der Waals surface area contributed by atoms with E-state index in [9.17, 15) is 27.5 Å². The molecule has 0 radical (unpaired) electrons. The molecule has 0 bridgehead atoms. The Kier molecular flexibility index (Phi) is 6.82. The standard InChI is InChI=1S/C25H27FN4O6S/c1-14-21(24(32)33)28-30(18-10-7-16(26)8-11-18)23(14)36-19-12-9-17(27-22(31)15-5-6-15)13-20(19)37(34,35)29-25(2,3)4/h7-13,15,29H,5-6H2,1-4H3,(H,27,31)(H,32,33). The number of carboxylic acid groups (broad SMARTS) is 1. The number of aromatic nitrogens is 2. The Morgan fingerprint density at radius 3 is 2.35 bits per heavy atom. The molecule has 1 saturated carbocycles. The number of amides is 1. The summed E-state index contributed by atoms with van der Waals surface area (Å²) in [5, 5.41) is 16.4. The van der Waals surface area contributed by atoms with Crippen LogP contribution in [-0.4, -0.2) is 40.7 Å². The fourth-order valence-corrected chi connectivity index (χ4v) is 5.17. The summed E-state index contributed by atoms with van der Waals surface area (Å²) in [5.41, 5.74) is -0.433. The zero-order valence-electron chi connectivity index (χ0n) is 20.7. The average Bonchev–Trinajstić information content (AvgIpc) is 3.59. The van der Waals surface area contributed by atoms with Crippen LogP contribution in [0.15, 0.2) is 47.4 Å². The lowest BCUT2D eigenvalue weighted by molar-refractivity contribution is -0.117. The van der Waals surface area contributed by atoms with Crippen LogP contribution < -0.4 is 14.8 Å². The van der Waals surface area contributed by atoms with Gasteiger partial charge >= 0.3 is 5.97 Å². The molecule has 37 heavy (non-hydrogen) atoms. The fraction of sp³-hybridized carbons (Fsp3) is 0.320. The molecular formula is C25H27FN4O6S. The number of hydrogen-bond acceptors (Lipinski definition) is 6. The molecule has 1 aromatic heterocycles. The maximum Gasteiger partial charge on any atom is 0.356 e. The van der Waals surface area contributed by atoms with Crippen molar-refractivity contribution in [2.75, 3.05) is 5.32 Å². The Morgan fingerprint density at radius 2 is 1.78 bits per heavy atom. The van der Waals surface area contributed by atoms with Gasteiger partial charge in [0.2, 0.25) is 21.8 Å². The minimum Gasteiger partial charge on any atom is -0.476 e. The van der Waals surface area contributed by atoms with Crippen molar-refractivity contribution in [3.05, 3.63) is 59.5 Å². The smallest absolute Gasteiger partial charge is 0.356 e. The highest BCUT2D eigenvalue weighted by molar-refractivity contribution is 7.89. The first-order valence-corrected chi connectivity index (χ1v) is 13.0. The predicted octanol–water partition coefficient (Wildman–Crippen LogP) is 4.24. The van der Waals surface area contributed by atoms with Crippen LogP contribution in [0.4, 0.5) is 10.1 Å². The number of aromatic carboxylic acids is 1. The lowest BCUT2D eigenvalue weighted by atomic mass is 10.1. The number of halogens is 1. The average molecular weight is 531 g/mol. The molecule has 0 aliphatic heterocycles. The van der Waals surface area contributed by atoms with E-state index in [-0.39, 0.29) is 45.3 Å². The Bertz CT molecular complexity index is 1470. The third-order valence-electron chi connectivity index (χ3n) is 5.44. The van der Waals surface area contributed by atoms with Gasteiger partial charge in [0.25, 0.3) is 0 Å². The predicted molar refractivity (Wildman–Crippen MR) is 133 cm³/mol. The normalized spacial score (nSPS) is 13.9. The first kappa shape index (κ1) is 26.3. The van der Waals surface area contributed by atoms with Crippen LogP contribution in [0.25, 0.3) is 5.69 Å². The molecule has 12 heteroatoms. The van der Waals surface area contributed by atoms with E-state index in [1.54, 1.807) is 20.8 Å². The van der Waals surface area contributed by atoms with Crippen LogP contribution in [0.3, 0.4) is 0 Å². The summed E-state index contributed by atoms with van der Waals surface area (Å²) < 4.78 is 50.0. The molecule has 3 N–H and O–H groups in total. The van der Waals surface area contributed by atoms with E-state index in [4.69, 9.17) is 4.74 Å². The molecule has 1 fully saturated rings. The van der Waals surface area contributed by atoms with Crippen molar-refractivity contribution in [3.8, 4) is 17.3 Å². The summed E-state index contributed by atoms with van der Waals surface area (Å²) in [6.07, 6.45) is 1.56. The number of benzene rings is 2. The molecule has 1 amide bonds. The van der Waals surface area contributed by atoms with Gasteiger partial charge in [-0.25, -0.2) is 22.3 Å². The lowest BCUT2D eigenvalue weighted by Gasteiger charge is -2.22. The number of anilines is 1. The minimum atomic E-state index is -4.16. The van der Waals surface area contributed by atoms with Gasteiger partial charge < -0.3 is 15.2 Å². The van der Waals surface area contributed by atoms with Gasteiger partial charge in [0.15, 0.2) is 5.69 Å². The molecular weight excluding hydrogens is 503 g/mol.